The number of benzene rings is 2. The molecule has 0 amide bonds. The summed E-state index contributed by atoms with van der Waals surface area (Å²) in [6.45, 7) is 2.28. The van der Waals surface area contributed by atoms with Gasteiger partial charge in [-0.1, -0.05) is 37.1 Å². The van der Waals surface area contributed by atoms with Gasteiger partial charge in [-0.2, -0.15) is 36.3 Å². The molecule has 8 nitrogen and oxygen atoms in total. The van der Waals surface area contributed by atoms with Gasteiger partial charge in [0.1, 0.15) is 35.5 Å². The van der Waals surface area contributed by atoms with Crippen molar-refractivity contribution in [2.45, 2.75) is 99.1 Å². The van der Waals surface area contributed by atoms with Crippen molar-refractivity contribution in [2.24, 2.45) is 0 Å². The first kappa shape index (κ1) is 38.1. The summed E-state index contributed by atoms with van der Waals surface area (Å²) in [7, 11) is 0. The Balaban J connectivity index is 1.15. The molecule has 0 spiro atoms. The number of pyridine rings is 1. The summed E-state index contributed by atoms with van der Waals surface area (Å²) in [5, 5.41) is 4.62. The van der Waals surface area contributed by atoms with Crippen molar-refractivity contribution in [3.05, 3.63) is 53.2 Å². The molecule has 18 heteroatoms. The van der Waals surface area contributed by atoms with Crippen LogP contribution < -0.4 is 15.0 Å². The molecule has 0 radical (unpaired) electrons. The average molecular weight is 809 g/mol. The Hall–Kier alpha value is -4.47. The quantitative estimate of drug-likeness (QED) is 0.164. The number of anilines is 1. The Kier molecular flexibility index (Phi) is 8.52. The minimum absolute atomic E-state index is 0.0352. The number of ether oxygens (including phenoxy) is 2. The van der Waals surface area contributed by atoms with Crippen LogP contribution in [-0.2, 0) is 11.2 Å². The molecule has 5 aliphatic rings. The lowest BCUT2D eigenvalue weighted by atomic mass is 9.90. The number of alkyl halides is 8. The normalized spacial score (nSPS) is 27.9. The third kappa shape index (κ3) is 5.29. The molecule has 4 aromatic rings. The molecule has 0 aliphatic carbocycles. The highest BCUT2D eigenvalue weighted by Gasteiger charge is 2.92. The number of terminal acetylenes is 1. The maximum absolute atomic E-state index is 17.2. The number of nitrogens with one attached hydrogen (secondary N) is 1. The largest absolute Gasteiger partial charge is 0.461 e. The highest BCUT2D eigenvalue weighted by atomic mass is 19.4. The van der Waals surface area contributed by atoms with Crippen LogP contribution in [0.4, 0.5) is 49.7 Å². The molecule has 0 saturated carbocycles. The van der Waals surface area contributed by atoms with Gasteiger partial charge in [0.05, 0.1) is 28.3 Å². The van der Waals surface area contributed by atoms with Crippen molar-refractivity contribution in [2.75, 3.05) is 31.1 Å². The number of aromatic nitrogens is 3. The first-order valence-electron chi connectivity index (χ1n) is 18.6. The standard InChI is InChI=1S/C39H34F10N6O2/c1-3-20-17-54-21(16-50-20)10-12-25-28-31(29(41)30(51-25)23-8-5-7-19-9-11-24(40)22(4-2)27(19)23)52-34(53-33(28)54)56-18-35-13-6-14-55(35)32-26(15-35)57-37(36(32,42)43,38(44,45)46)39(47,48)49/h2,5,7-9,11,20-21,26,32,50H,3,6,10,12-18H2,1H3/t20-,21-,26?,32?,35?/m1/s1. The molecule has 9 rings (SSSR count). The van der Waals surface area contributed by atoms with E-state index in [0.717, 1.165) is 11.3 Å². The van der Waals surface area contributed by atoms with E-state index in [4.69, 9.17) is 21.1 Å². The summed E-state index contributed by atoms with van der Waals surface area (Å²) >= 11 is 0. The van der Waals surface area contributed by atoms with Gasteiger partial charge < -0.3 is 19.7 Å². The van der Waals surface area contributed by atoms with Crippen LogP contribution in [0, 0.1) is 24.0 Å². The van der Waals surface area contributed by atoms with E-state index in [1.807, 2.05) is 11.8 Å². The van der Waals surface area contributed by atoms with Crippen LogP contribution >= 0.6 is 0 Å². The lowest BCUT2D eigenvalue weighted by molar-refractivity contribution is -0.417. The van der Waals surface area contributed by atoms with Crippen molar-refractivity contribution in [3.63, 3.8) is 0 Å². The Morgan fingerprint density at radius 1 is 1.04 bits per heavy atom. The fourth-order valence-electron chi connectivity index (χ4n) is 9.92. The lowest BCUT2D eigenvalue weighted by Crippen LogP contribution is -2.70. The van der Waals surface area contributed by atoms with Crippen LogP contribution in [0.2, 0.25) is 0 Å². The van der Waals surface area contributed by atoms with E-state index in [0.29, 0.717) is 48.2 Å². The molecule has 4 fully saturated rings. The smallest absolute Gasteiger partial charge is 0.432 e. The van der Waals surface area contributed by atoms with Crippen molar-refractivity contribution < 1.29 is 53.4 Å². The number of hydrogen-bond acceptors (Lipinski definition) is 8. The molecular formula is C39H34F10N6O2. The fourth-order valence-corrected chi connectivity index (χ4v) is 9.92. The molecule has 57 heavy (non-hydrogen) atoms. The van der Waals surface area contributed by atoms with Crippen LogP contribution in [-0.4, -0.2) is 99.7 Å². The van der Waals surface area contributed by atoms with Crippen LogP contribution in [0.5, 0.6) is 6.01 Å². The number of piperazine rings is 1. The van der Waals surface area contributed by atoms with E-state index in [2.05, 4.69) is 21.0 Å². The van der Waals surface area contributed by atoms with E-state index in [1.165, 1.54) is 12.1 Å². The first-order chi connectivity index (χ1) is 27.0. The summed E-state index contributed by atoms with van der Waals surface area (Å²) < 4.78 is 158. The highest BCUT2D eigenvalue weighted by molar-refractivity contribution is 6.02. The van der Waals surface area contributed by atoms with Gasteiger partial charge in [0.25, 0.3) is 0 Å². The topological polar surface area (TPSA) is 75.6 Å². The Morgan fingerprint density at radius 2 is 1.81 bits per heavy atom. The first-order valence-corrected chi connectivity index (χ1v) is 18.6. The van der Waals surface area contributed by atoms with Crippen molar-refractivity contribution in [1.82, 2.24) is 25.2 Å². The third-order valence-corrected chi connectivity index (χ3v) is 12.6. The van der Waals surface area contributed by atoms with Crippen molar-refractivity contribution >= 4 is 27.5 Å². The van der Waals surface area contributed by atoms with Crippen LogP contribution in [0.25, 0.3) is 32.9 Å². The zero-order valence-electron chi connectivity index (χ0n) is 30.2. The van der Waals surface area contributed by atoms with Gasteiger partial charge in [0, 0.05) is 36.1 Å². The van der Waals surface area contributed by atoms with E-state index in [9.17, 15) is 26.3 Å². The predicted octanol–water partition coefficient (Wildman–Crippen LogP) is 7.49. The SMILES string of the molecule is C#Cc1c(F)ccc2cccc(-c3nc4c5c(nc(OCC67CCCN6C6C(C7)OC(C(F)(F)F)(C(F)(F)F)C6(F)F)nc5c3F)N3C[C@@H](CC)NC[C@H]3CC4)c12. The molecule has 2 aromatic heterocycles. The Bertz CT molecular complexity index is 2330. The lowest BCUT2D eigenvalue weighted by Gasteiger charge is -2.42. The molecule has 3 unspecified atom stereocenters. The van der Waals surface area contributed by atoms with E-state index in [1.54, 1.807) is 18.2 Å². The number of hydrogen-bond donors (Lipinski definition) is 1. The van der Waals surface area contributed by atoms with E-state index >= 15 is 17.6 Å². The molecule has 5 atom stereocenters. The summed E-state index contributed by atoms with van der Waals surface area (Å²) in [4.78, 5) is 17.0. The monoisotopic (exact) mass is 808 g/mol. The molecule has 0 bridgehead atoms. The maximum Gasteiger partial charge on any atom is 0.432 e. The van der Waals surface area contributed by atoms with Crippen LogP contribution in [0.1, 0.15) is 50.3 Å². The van der Waals surface area contributed by atoms with E-state index in [-0.39, 0.29) is 65.2 Å². The van der Waals surface area contributed by atoms with E-state index < -0.39 is 66.2 Å². The van der Waals surface area contributed by atoms with Gasteiger partial charge in [-0.05, 0) is 56.5 Å². The second-order valence-corrected chi connectivity index (χ2v) is 15.5. The number of halogens is 10. The fraction of sp³-hybridized carbons (Fsp3) is 0.513. The Labute approximate surface area is 318 Å². The highest BCUT2D eigenvalue weighted by Crippen LogP contribution is 2.65. The van der Waals surface area contributed by atoms with Crippen molar-refractivity contribution in [1.29, 1.82) is 0 Å². The van der Waals surface area contributed by atoms with Gasteiger partial charge in [-0.15, -0.1) is 6.42 Å². The summed E-state index contributed by atoms with van der Waals surface area (Å²) in [6.07, 6.45) is -7.98. The zero-order chi connectivity index (χ0) is 40.4. The molecule has 2 aromatic carbocycles. The minimum Gasteiger partial charge on any atom is -0.461 e. The molecule has 302 valence electrons. The van der Waals surface area contributed by atoms with Crippen molar-refractivity contribution in [3.8, 4) is 29.6 Å². The van der Waals surface area contributed by atoms with Gasteiger partial charge in [0.2, 0.25) is 0 Å². The summed E-state index contributed by atoms with van der Waals surface area (Å²) in [5.41, 5.74) is -6.93. The minimum atomic E-state index is -6.46. The molecule has 7 heterocycles. The molecule has 1 N–H and O–H groups in total. The number of aryl methyl sites for hydroxylation is 1. The maximum atomic E-state index is 17.2. The van der Waals surface area contributed by atoms with Gasteiger partial charge in [0.15, 0.2) is 5.82 Å². The predicted molar refractivity (Wildman–Crippen MR) is 187 cm³/mol. The third-order valence-electron chi connectivity index (χ3n) is 12.6. The second-order valence-electron chi connectivity index (χ2n) is 15.5. The number of rotatable bonds is 5. The number of fused-ring (bicyclic) bond motifs is 6. The molecular weight excluding hydrogens is 774 g/mol. The summed E-state index contributed by atoms with van der Waals surface area (Å²) in [5.74, 6) is -4.32. The molecule has 5 aliphatic heterocycles. The van der Waals surface area contributed by atoms with Crippen LogP contribution in [0.15, 0.2) is 30.3 Å². The number of nitrogens with zero attached hydrogens (tertiary/aromatic N) is 5. The second kappa shape index (κ2) is 12.8. The van der Waals surface area contributed by atoms with Gasteiger partial charge in [-0.3, -0.25) is 4.90 Å². The zero-order valence-corrected chi connectivity index (χ0v) is 30.2. The van der Waals surface area contributed by atoms with Gasteiger partial charge >= 0.3 is 29.9 Å². The van der Waals surface area contributed by atoms with Gasteiger partial charge in [-0.25, -0.2) is 22.5 Å². The van der Waals surface area contributed by atoms with Crippen LogP contribution in [0.3, 0.4) is 0 Å². The molecule has 4 saturated heterocycles. The Morgan fingerprint density at radius 3 is 2.53 bits per heavy atom. The summed E-state index contributed by atoms with van der Waals surface area (Å²) in [6, 6.07) is 4.63. The average Bonchev–Trinajstić information content (AvgIpc) is 3.73.